The predicted octanol–water partition coefficient (Wildman–Crippen LogP) is 13.0. The second kappa shape index (κ2) is 11.0. The van der Waals surface area contributed by atoms with Crippen molar-refractivity contribution in [1.29, 1.82) is 0 Å². The fourth-order valence-electron chi connectivity index (χ4n) is 7.48. The molecule has 0 aliphatic heterocycles. The Morgan fingerprint density at radius 3 is 1.92 bits per heavy atom. The van der Waals surface area contributed by atoms with Crippen molar-refractivity contribution in [3.8, 4) is 16.8 Å². The molecule has 10 rings (SSSR count). The monoisotopic (exact) mass is 626 g/mol. The van der Waals surface area contributed by atoms with Crippen LogP contribution in [0.1, 0.15) is 0 Å². The Morgan fingerprint density at radius 1 is 0.408 bits per heavy atom. The number of benzene rings is 8. The summed E-state index contributed by atoms with van der Waals surface area (Å²) in [7, 11) is 0. The van der Waals surface area contributed by atoms with Gasteiger partial charge in [-0.05, 0) is 94.7 Å². The van der Waals surface area contributed by atoms with Crippen LogP contribution in [-0.2, 0) is 0 Å². The molecule has 3 nitrogen and oxygen atoms in total. The zero-order valence-corrected chi connectivity index (χ0v) is 26.6. The second-order valence-corrected chi connectivity index (χ2v) is 12.6. The summed E-state index contributed by atoms with van der Waals surface area (Å²) in [6.45, 7) is 0. The first-order chi connectivity index (χ1) is 24.3. The average Bonchev–Trinajstić information content (AvgIpc) is 3.70. The van der Waals surface area contributed by atoms with Crippen LogP contribution in [0.4, 0.5) is 17.1 Å². The van der Waals surface area contributed by atoms with E-state index in [1.54, 1.807) is 0 Å². The Hall–Kier alpha value is -6.58. The lowest BCUT2D eigenvalue weighted by Gasteiger charge is -2.27. The van der Waals surface area contributed by atoms with Crippen molar-refractivity contribution in [2.75, 3.05) is 4.90 Å². The van der Waals surface area contributed by atoms with Crippen LogP contribution >= 0.6 is 0 Å². The predicted molar refractivity (Wildman–Crippen MR) is 206 cm³/mol. The van der Waals surface area contributed by atoms with E-state index in [0.717, 1.165) is 44.7 Å². The number of rotatable bonds is 5. The normalized spacial score (nSPS) is 11.7. The lowest BCUT2D eigenvalue weighted by atomic mass is 9.99. The average molecular weight is 627 g/mol. The molecule has 0 saturated heterocycles. The summed E-state index contributed by atoms with van der Waals surface area (Å²) in [5, 5.41) is 7.15. The molecule has 0 saturated carbocycles. The first-order valence-electron chi connectivity index (χ1n) is 16.7. The largest absolute Gasteiger partial charge is 0.456 e. The van der Waals surface area contributed by atoms with E-state index in [9.17, 15) is 0 Å². The molecule has 0 amide bonds. The number of aromatic nitrogens is 1. The minimum absolute atomic E-state index is 0.918. The van der Waals surface area contributed by atoms with Gasteiger partial charge in [-0.1, -0.05) is 109 Å². The van der Waals surface area contributed by atoms with Gasteiger partial charge in [0.2, 0.25) is 0 Å². The Kier molecular flexibility index (Phi) is 6.18. The highest BCUT2D eigenvalue weighted by atomic mass is 16.3. The van der Waals surface area contributed by atoms with Crippen LogP contribution in [0.15, 0.2) is 186 Å². The van der Waals surface area contributed by atoms with Crippen LogP contribution in [0.25, 0.3) is 71.3 Å². The molecular weight excluding hydrogens is 597 g/mol. The van der Waals surface area contributed by atoms with Crippen LogP contribution in [0.5, 0.6) is 0 Å². The summed E-state index contributed by atoms with van der Waals surface area (Å²) >= 11 is 0. The van der Waals surface area contributed by atoms with Crippen LogP contribution in [-0.4, -0.2) is 4.57 Å². The van der Waals surface area contributed by atoms with Crippen LogP contribution in [0.3, 0.4) is 0 Å². The maximum absolute atomic E-state index is 6.21. The highest BCUT2D eigenvalue weighted by Gasteiger charge is 2.21. The molecule has 2 aromatic heterocycles. The number of hydrogen-bond acceptors (Lipinski definition) is 2. The number of hydrogen-bond donors (Lipinski definition) is 0. The van der Waals surface area contributed by atoms with E-state index in [1.807, 2.05) is 12.1 Å². The van der Waals surface area contributed by atoms with Crippen molar-refractivity contribution in [1.82, 2.24) is 4.57 Å². The van der Waals surface area contributed by atoms with Gasteiger partial charge in [-0.15, -0.1) is 0 Å². The molecule has 0 radical (unpaired) electrons. The first kappa shape index (κ1) is 27.5. The smallest absolute Gasteiger partial charge is 0.136 e. The van der Waals surface area contributed by atoms with E-state index in [0.29, 0.717) is 0 Å². The lowest BCUT2D eigenvalue weighted by molar-refractivity contribution is 0.669. The van der Waals surface area contributed by atoms with Gasteiger partial charge in [0.25, 0.3) is 0 Å². The van der Waals surface area contributed by atoms with Crippen LogP contribution < -0.4 is 4.90 Å². The molecular formula is C46H30N2O. The molecule has 0 atom stereocenters. The number of nitrogens with zero attached hydrogens (tertiary/aromatic N) is 2. The molecule has 10 aromatic rings. The van der Waals surface area contributed by atoms with Crippen LogP contribution in [0.2, 0.25) is 0 Å². The van der Waals surface area contributed by atoms with Gasteiger partial charge in [-0.3, -0.25) is 0 Å². The van der Waals surface area contributed by atoms with E-state index < -0.39 is 0 Å². The van der Waals surface area contributed by atoms with Crippen LogP contribution in [0, 0.1) is 0 Å². The topological polar surface area (TPSA) is 21.3 Å². The van der Waals surface area contributed by atoms with Crippen molar-refractivity contribution >= 4 is 71.6 Å². The summed E-state index contributed by atoms with van der Waals surface area (Å²) in [5.74, 6) is 0. The zero-order chi connectivity index (χ0) is 32.3. The van der Waals surface area contributed by atoms with E-state index >= 15 is 0 Å². The van der Waals surface area contributed by atoms with Gasteiger partial charge in [0.15, 0.2) is 0 Å². The standard InChI is InChI=1S/C46H30N2O/c1-3-12-35(13-4-1)47(43-20-11-18-40-38-16-7-9-19-42(38)48(46(40)43)36-14-5-2-6-15-36)37-26-24-31(25-27-37)32-22-23-33-29-41-39-17-8-10-21-44(39)49-45(41)30-34(33)28-32/h1-30H. The summed E-state index contributed by atoms with van der Waals surface area (Å²) in [5.41, 5.74) is 11.0. The van der Waals surface area contributed by atoms with Crippen molar-refractivity contribution in [2.24, 2.45) is 0 Å². The number of furan rings is 1. The van der Waals surface area contributed by atoms with E-state index in [2.05, 4.69) is 179 Å². The molecule has 8 aromatic carbocycles. The van der Waals surface area contributed by atoms with Gasteiger partial charge in [0.05, 0.1) is 16.7 Å². The molecule has 0 fully saturated rings. The van der Waals surface area contributed by atoms with Crippen molar-refractivity contribution in [2.45, 2.75) is 0 Å². The minimum atomic E-state index is 0.918. The number of anilines is 3. The Morgan fingerprint density at radius 2 is 1.08 bits per heavy atom. The highest BCUT2D eigenvalue weighted by Crippen LogP contribution is 2.43. The van der Waals surface area contributed by atoms with Gasteiger partial charge in [-0.25, -0.2) is 0 Å². The fraction of sp³-hybridized carbons (Fsp3) is 0. The zero-order valence-electron chi connectivity index (χ0n) is 26.6. The molecule has 2 heterocycles. The minimum Gasteiger partial charge on any atom is -0.456 e. The third-order valence-electron chi connectivity index (χ3n) is 9.74. The quantitative estimate of drug-likeness (QED) is 0.190. The Labute approximate surface area is 283 Å². The van der Waals surface area contributed by atoms with Gasteiger partial charge in [0.1, 0.15) is 11.2 Å². The van der Waals surface area contributed by atoms with Crippen molar-refractivity contribution < 1.29 is 4.42 Å². The summed E-state index contributed by atoms with van der Waals surface area (Å²) in [4.78, 5) is 2.38. The van der Waals surface area contributed by atoms with Crippen molar-refractivity contribution in [3.63, 3.8) is 0 Å². The molecule has 0 bridgehead atoms. The SMILES string of the molecule is c1ccc(N(c2ccc(-c3ccc4cc5c(cc4c3)oc3ccccc35)cc2)c2cccc3c4ccccc4n(-c4ccccc4)c23)cc1. The van der Waals surface area contributed by atoms with E-state index in [4.69, 9.17) is 4.42 Å². The van der Waals surface area contributed by atoms with Gasteiger partial charge < -0.3 is 13.9 Å². The molecule has 0 aliphatic carbocycles. The molecule has 0 N–H and O–H groups in total. The molecule has 230 valence electrons. The third kappa shape index (κ3) is 4.44. The molecule has 0 unspecified atom stereocenters. The molecule has 49 heavy (non-hydrogen) atoms. The Balaban J connectivity index is 1.12. The maximum Gasteiger partial charge on any atom is 0.136 e. The van der Waals surface area contributed by atoms with Gasteiger partial charge in [0, 0.05) is 38.6 Å². The first-order valence-corrected chi connectivity index (χ1v) is 16.7. The van der Waals surface area contributed by atoms with E-state index in [-0.39, 0.29) is 0 Å². The van der Waals surface area contributed by atoms with Gasteiger partial charge >= 0.3 is 0 Å². The summed E-state index contributed by atoms with van der Waals surface area (Å²) in [6.07, 6.45) is 0. The Bertz CT molecular complexity index is 2810. The van der Waals surface area contributed by atoms with Gasteiger partial charge in [-0.2, -0.15) is 0 Å². The van der Waals surface area contributed by atoms with E-state index in [1.165, 1.54) is 43.7 Å². The lowest BCUT2D eigenvalue weighted by Crippen LogP contribution is -2.11. The molecule has 3 heteroatoms. The molecule has 0 aliphatic rings. The summed E-state index contributed by atoms with van der Waals surface area (Å²) in [6, 6.07) is 65.0. The highest BCUT2D eigenvalue weighted by molar-refractivity contribution is 6.14. The maximum atomic E-state index is 6.21. The van der Waals surface area contributed by atoms with Crippen molar-refractivity contribution in [3.05, 3.63) is 182 Å². The second-order valence-electron chi connectivity index (χ2n) is 12.6. The number of para-hydroxylation sites is 5. The molecule has 0 spiro atoms. The summed E-state index contributed by atoms with van der Waals surface area (Å²) < 4.78 is 8.61. The fourth-order valence-corrected chi connectivity index (χ4v) is 7.48. The third-order valence-corrected chi connectivity index (χ3v) is 9.74. The number of fused-ring (bicyclic) bond motifs is 7.